The van der Waals surface area contributed by atoms with E-state index in [2.05, 4.69) is 42.0 Å². The summed E-state index contributed by atoms with van der Waals surface area (Å²) in [6.45, 7) is 2.20. The van der Waals surface area contributed by atoms with Gasteiger partial charge in [-0.2, -0.15) is 0 Å². The van der Waals surface area contributed by atoms with E-state index in [1.165, 1.54) is 12.0 Å². The molecule has 1 fully saturated rings. The maximum absolute atomic E-state index is 6.06. The fourth-order valence-electron chi connectivity index (χ4n) is 2.31. The lowest BCUT2D eigenvalue weighted by Crippen LogP contribution is -2.38. The van der Waals surface area contributed by atoms with E-state index in [0.29, 0.717) is 12.0 Å². The van der Waals surface area contributed by atoms with Gasteiger partial charge in [0.15, 0.2) is 0 Å². The Labute approximate surface area is 91.0 Å². The normalized spacial score (nSPS) is 30.7. The number of hydrazine groups is 1. The van der Waals surface area contributed by atoms with Crippen LogP contribution in [0.3, 0.4) is 0 Å². The minimum atomic E-state index is 0.0175. The van der Waals surface area contributed by atoms with Crippen molar-refractivity contribution in [2.75, 3.05) is 0 Å². The van der Waals surface area contributed by atoms with Crippen LogP contribution in [0.25, 0.3) is 0 Å². The van der Waals surface area contributed by atoms with E-state index < -0.39 is 0 Å². The summed E-state index contributed by atoms with van der Waals surface area (Å²) in [6, 6.07) is 10.9. The largest absolute Gasteiger partial charge is 0.314 e. The van der Waals surface area contributed by atoms with E-state index in [1.807, 2.05) is 6.07 Å². The van der Waals surface area contributed by atoms with Crippen molar-refractivity contribution in [1.29, 1.82) is 0 Å². The Hall–Kier alpha value is -0.900. The third kappa shape index (κ3) is 2.20. The number of nitrogens with one attached hydrogen (secondary N) is 2. The van der Waals surface area contributed by atoms with Gasteiger partial charge in [0.25, 0.3) is 0 Å². The summed E-state index contributed by atoms with van der Waals surface area (Å²) in [6.07, 6.45) is 2.35. The van der Waals surface area contributed by atoms with Gasteiger partial charge in [-0.15, -0.1) is 0 Å². The number of hydrogen-bond donors (Lipinski definition) is 3. The Morgan fingerprint density at radius 1 is 1.20 bits per heavy atom. The zero-order valence-corrected chi connectivity index (χ0v) is 9.11. The molecule has 82 valence electrons. The van der Waals surface area contributed by atoms with Gasteiger partial charge in [0.1, 0.15) is 0 Å². The van der Waals surface area contributed by atoms with Gasteiger partial charge in [0.05, 0.1) is 6.17 Å². The number of rotatable bonds is 3. The molecule has 3 unspecified atom stereocenters. The zero-order chi connectivity index (χ0) is 10.7. The predicted molar refractivity (Wildman–Crippen MR) is 62.1 cm³/mol. The van der Waals surface area contributed by atoms with Crippen molar-refractivity contribution < 1.29 is 0 Å². The molecule has 1 aromatic rings. The van der Waals surface area contributed by atoms with Gasteiger partial charge in [0, 0.05) is 12.0 Å². The second kappa shape index (κ2) is 4.75. The Balaban J connectivity index is 2.17. The van der Waals surface area contributed by atoms with Crippen LogP contribution in [0.2, 0.25) is 0 Å². The third-order valence-electron chi connectivity index (χ3n) is 3.04. The quantitative estimate of drug-likeness (QED) is 0.698. The molecule has 0 aliphatic carbocycles. The monoisotopic (exact) mass is 205 g/mol. The minimum Gasteiger partial charge on any atom is -0.314 e. The molecule has 2 rings (SSSR count). The lowest BCUT2D eigenvalue weighted by atomic mass is 9.88. The summed E-state index contributed by atoms with van der Waals surface area (Å²) in [5.74, 6) is 0.381. The smallest absolute Gasteiger partial charge is 0.0764 e. The Morgan fingerprint density at radius 3 is 2.60 bits per heavy atom. The summed E-state index contributed by atoms with van der Waals surface area (Å²) >= 11 is 0. The molecule has 1 aliphatic rings. The molecule has 0 bridgehead atoms. The van der Waals surface area contributed by atoms with E-state index in [0.717, 1.165) is 6.42 Å². The molecule has 1 aromatic carbocycles. The average molecular weight is 205 g/mol. The first kappa shape index (κ1) is 10.6. The highest BCUT2D eigenvalue weighted by Crippen LogP contribution is 2.27. The topological polar surface area (TPSA) is 50.1 Å². The molecule has 1 saturated heterocycles. The summed E-state index contributed by atoms with van der Waals surface area (Å²) < 4.78 is 0. The van der Waals surface area contributed by atoms with Crippen LogP contribution < -0.4 is 16.6 Å². The van der Waals surface area contributed by atoms with Crippen LogP contribution in [0, 0.1) is 0 Å². The lowest BCUT2D eigenvalue weighted by molar-refractivity contribution is 0.485. The summed E-state index contributed by atoms with van der Waals surface area (Å²) in [7, 11) is 0. The van der Waals surface area contributed by atoms with Crippen LogP contribution in [0.15, 0.2) is 30.3 Å². The van der Waals surface area contributed by atoms with Crippen molar-refractivity contribution in [3.63, 3.8) is 0 Å². The highest BCUT2D eigenvalue weighted by Gasteiger charge is 2.33. The van der Waals surface area contributed by atoms with Crippen molar-refractivity contribution in [3.8, 4) is 0 Å². The summed E-state index contributed by atoms with van der Waals surface area (Å²) in [5.41, 5.74) is 13.8. The molecule has 0 spiro atoms. The zero-order valence-electron chi connectivity index (χ0n) is 9.11. The number of nitrogens with two attached hydrogens (primary N) is 1. The molecule has 1 heterocycles. The van der Waals surface area contributed by atoms with Crippen molar-refractivity contribution in [2.24, 2.45) is 5.73 Å². The van der Waals surface area contributed by atoms with Gasteiger partial charge < -0.3 is 5.73 Å². The van der Waals surface area contributed by atoms with Gasteiger partial charge in [-0.3, -0.25) is 5.43 Å². The van der Waals surface area contributed by atoms with Crippen LogP contribution in [0.1, 0.15) is 31.2 Å². The SMILES string of the molecule is CCCC1NNC(N)C1c1ccccc1. The maximum atomic E-state index is 6.06. The highest BCUT2D eigenvalue weighted by atomic mass is 15.5. The molecule has 3 atom stereocenters. The molecule has 15 heavy (non-hydrogen) atoms. The van der Waals surface area contributed by atoms with Crippen molar-refractivity contribution in [2.45, 2.75) is 37.9 Å². The lowest BCUT2D eigenvalue weighted by Gasteiger charge is -2.20. The molecular formula is C12H19N3. The summed E-state index contributed by atoms with van der Waals surface area (Å²) in [4.78, 5) is 0. The van der Waals surface area contributed by atoms with E-state index in [1.54, 1.807) is 0 Å². The minimum absolute atomic E-state index is 0.0175. The van der Waals surface area contributed by atoms with Gasteiger partial charge in [-0.1, -0.05) is 43.7 Å². The van der Waals surface area contributed by atoms with Crippen molar-refractivity contribution >= 4 is 0 Å². The Morgan fingerprint density at radius 2 is 1.93 bits per heavy atom. The van der Waals surface area contributed by atoms with E-state index in [-0.39, 0.29) is 6.17 Å². The Bertz CT molecular complexity index is 297. The van der Waals surface area contributed by atoms with Crippen molar-refractivity contribution in [3.05, 3.63) is 35.9 Å². The molecule has 3 nitrogen and oxygen atoms in total. The third-order valence-corrected chi connectivity index (χ3v) is 3.04. The van der Waals surface area contributed by atoms with Gasteiger partial charge in [0.2, 0.25) is 0 Å². The second-order valence-electron chi connectivity index (χ2n) is 4.15. The molecule has 3 heteroatoms. The molecule has 0 saturated carbocycles. The van der Waals surface area contributed by atoms with E-state index in [9.17, 15) is 0 Å². The first-order valence-corrected chi connectivity index (χ1v) is 5.64. The predicted octanol–water partition coefficient (Wildman–Crippen LogP) is 1.33. The first-order chi connectivity index (χ1) is 7.33. The molecule has 4 N–H and O–H groups in total. The van der Waals surface area contributed by atoms with Crippen LogP contribution in [-0.2, 0) is 0 Å². The fourth-order valence-corrected chi connectivity index (χ4v) is 2.31. The highest BCUT2D eigenvalue weighted by molar-refractivity contribution is 5.24. The average Bonchev–Trinajstić information content (AvgIpc) is 2.62. The van der Waals surface area contributed by atoms with E-state index >= 15 is 0 Å². The van der Waals surface area contributed by atoms with Gasteiger partial charge >= 0.3 is 0 Å². The number of benzene rings is 1. The maximum Gasteiger partial charge on any atom is 0.0764 e. The van der Waals surface area contributed by atoms with Gasteiger partial charge in [-0.25, -0.2) is 5.43 Å². The molecular weight excluding hydrogens is 186 g/mol. The Kier molecular flexibility index (Phi) is 3.36. The molecule has 0 radical (unpaired) electrons. The first-order valence-electron chi connectivity index (χ1n) is 5.64. The molecule has 1 aliphatic heterocycles. The second-order valence-corrected chi connectivity index (χ2v) is 4.15. The molecule has 0 aromatic heterocycles. The van der Waals surface area contributed by atoms with Gasteiger partial charge in [-0.05, 0) is 12.0 Å². The fraction of sp³-hybridized carbons (Fsp3) is 0.500. The van der Waals surface area contributed by atoms with E-state index in [4.69, 9.17) is 5.73 Å². The van der Waals surface area contributed by atoms with Crippen LogP contribution in [-0.4, -0.2) is 12.2 Å². The standard InChI is InChI=1S/C12H19N3/c1-2-6-10-11(12(13)15-14-10)9-7-4-3-5-8-9/h3-5,7-8,10-12,14-15H,2,6,13H2,1H3. The van der Waals surface area contributed by atoms with Crippen molar-refractivity contribution in [1.82, 2.24) is 10.9 Å². The molecule has 0 amide bonds. The van der Waals surface area contributed by atoms with Crippen LogP contribution in [0.4, 0.5) is 0 Å². The van der Waals surface area contributed by atoms with Crippen LogP contribution >= 0.6 is 0 Å². The number of hydrogen-bond acceptors (Lipinski definition) is 3. The van der Waals surface area contributed by atoms with Crippen LogP contribution in [0.5, 0.6) is 0 Å². The summed E-state index contributed by atoms with van der Waals surface area (Å²) in [5, 5.41) is 0.